The molecule has 2 heterocycles. The van der Waals surface area contributed by atoms with Crippen LogP contribution in [-0.4, -0.2) is 49.8 Å². The first-order valence-corrected chi connectivity index (χ1v) is 6.20. The van der Waals surface area contributed by atoms with Crippen molar-refractivity contribution >= 4 is 28.4 Å². The second-order valence-electron chi connectivity index (χ2n) is 3.89. The van der Waals surface area contributed by atoms with Crippen LogP contribution < -0.4 is 11.4 Å². The van der Waals surface area contributed by atoms with Crippen molar-refractivity contribution in [2.75, 3.05) is 12.3 Å². The van der Waals surface area contributed by atoms with Crippen molar-refractivity contribution in [2.24, 2.45) is 0 Å². The highest BCUT2D eigenvalue weighted by atomic mass is 127. The zero-order chi connectivity index (χ0) is 13.4. The van der Waals surface area contributed by atoms with Gasteiger partial charge in [-0.3, -0.25) is 4.57 Å². The van der Waals surface area contributed by atoms with Crippen LogP contribution >= 0.6 is 22.6 Å². The van der Waals surface area contributed by atoms with Gasteiger partial charge in [-0.2, -0.15) is 4.98 Å². The highest BCUT2D eigenvalue weighted by molar-refractivity contribution is 14.1. The Labute approximate surface area is 115 Å². The highest BCUT2D eigenvalue weighted by Gasteiger charge is 2.43. The molecule has 2 rings (SSSR count). The Kier molecular flexibility index (Phi) is 3.87. The number of hydrogen-bond donors (Lipinski definition) is 4. The molecule has 0 amide bonds. The normalized spacial score (nSPS) is 31.8. The molecular weight excluding hydrogens is 357 g/mol. The number of aromatic nitrogens is 2. The molecule has 18 heavy (non-hydrogen) atoms. The Hall–Kier alpha value is -0.750. The minimum Gasteiger partial charge on any atom is -0.394 e. The maximum atomic E-state index is 11.7. The number of nitrogens with zero attached hydrogens (tertiary/aromatic N) is 2. The van der Waals surface area contributed by atoms with Crippen molar-refractivity contribution in [3.8, 4) is 0 Å². The summed E-state index contributed by atoms with van der Waals surface area (Å²) in [6.45, 7) is -0.455. The van der Waals surface area contributed by atoms with E-state index in [1.54, 1.807) is 0 Å². The topological polar surface area (TPSA) is 131 Å². The Morgan fingerprint density at radius 1 is 1.50 bits per heavy atom. The third-order valence-corrected chi connectivity index (χ3v) is 3.56. The molecule has 0 bridgehead atoms. The molecule has 1 aromatic rings. The largest absolute Gasteiger partial charge is 0.394 e. The quantitative estimate of drug-likeness (QED) is 0.446. The molecule has 1 aromatic heterocycles. The van der Waals surface area contributed by atoms with Gasteiger partial charge in [-0.25, -0.2) is 4.79 Å². The van der Waals surface area contributed by atoms with Gasteiger partial charge in [0.05, 0.1) is 10.2 Å². The van der Waals surface area contributed by atoms with E-state index in [1.165, 1.54) is 6.20 Å². The minimum absolute atomic E-state index is 0.0867. The Morgan fingerprint density at radius 2 is 2.17 bits per heavy atom. The Morgan fingerprint density at radius 3 is 2.72 bits per heavy atom. The molecule has 0 radical (unpaired) electrons. The number of aliphatic hydroxyl groups excluding tert-OH is 3. The number of rotatable bonds is 2. The smallest absolute Gasteiger partial charge is 0.351 e. The average Bonchev–Trinajstić information content (AvgIpc) is 2.61. The van der Waals surface area contributed by atoms with Crippen molar-refractivity contribution in [2.45, 2.75) is 24.5 Å². The minimum atomic E-state index is -1.32. The summed E-state index contributed by atoms with van der Waals surface area (Å²) in [5.41, 5.74) is 4.79. The van der Waals surface area contributed by atoms with E-state index in [-0.39, 0.29) is 5.82 Å². The van der Waals surface area contributed by atoms with Gasteiger partial charge in [0.25, 0.3) is 0 Å². The van der Waals surface area contributed by atoms with Gasteiger partial charge in [0.15, 0.2) is 6.23 Å². The second-order valence-corrected chi connectivity index (χ2v) is 5.05. The summed E-state index contributed by atoms with van der Waals surface area (Å²) < 4.78 is 6.79. The molecule has 1 unspecified atom stereocenters. The Bertz CT molecular complexity index is 507. The molecule has 1 aliphatic heterocycles. The number of hydrogen-bond acceptors (Lipinski definition) is 7. The van der Waals surface area contributed by atoms with E-state index in [9.17, 15) is 15.0 Å². The molecule has 0 spiro atoms. The first-order chi connectivity index (χ1) is 8.45. The van der Waals surface area contributed by atoms with Crippen LogP contribution in [0.5, 0.6) is 0 Å². The molecule has 0 aliphatic carbocycles. The van der Waals surface area contributed by atoms with Crippen molar-refractivity contribution in [1.82, 2.24) is 9.55 Å². The van der Waals surface area contributed by atoms with Crippen LogP contribution in [0.1, 0.15) is 6.23 Å². The van der Waals surface area contributed by atoms with Gasteiger partial charge in [0.1, 0.15) is 24.1 Å². The first-order valence-electron chi connectivity index (χ1n) is 5.12. The number of nitrogens with two attached hydrogens (primary N) is 1. The van der Waals surface area contributed by atoms with Gasteiger partial charge in [-0.15, -0.1) is 0 Å². The lowest BCUT2D eigenvalue weighted by atomic mass is 10.1. The maximum Gasteiger partial charge on any atom is 0.351 e. The van der Waals surface area contributed by atoms with E-state index < -0.39 is 36.8 Å². The zero-order valence-electron chi connectivity index (χ0n) is 9.10. The van der Waals surface area contributed by atoms with Crippen molar-refractivity contribution < 1.29 is 20.1 Å². The van der Waals surface area contributed by atoms with Crippen molar-refractivity contribution in [3.05, 3.63) is 20.3 Å². The van der Waals surface area contributed by atoms with Gasteiger partial charge >= 0.3 is 5.69 Å². The van der Waals surface area contributed by atoms with Gasteiger partial charge in [0, 0.05) is 6.20 Å². The molecule has 0 aromatic carbocycles. The van der Waals surface area contributed by atoms with Crippen LogP contribution in [-0.2, 0) is 4.74 Å². The molecule has 1 saturated heterocycles. The highest BCUT2D eigenvalue weighted by Crippen LogP contribution is 2.28. The number of halogens is 1. The molecule has 0 saturated carbocycles. The van der Waals surface area contributed by atoms with E-state index in [1.807, 2.05) is 22.6 Å². The summed E-state index contributed by atoms with van der Waals surface area (Å²) in [5, 5.41) is 28.4. The predicted octanol–water partition coefficient (Wildman–Crippen LogP) is -1.96. The fourth-order valence-electron chi connectivity index (χ4n) is 1.75. The first kappa shape index (κ1) is 13.7. The molecule has 100 valence electrons. The van der Waals surface area contributed by atoms with Gasteiger partial charge < -0.3 is 25.8 Å². The van der Waals surface area contributed by atoms with E-state index >= 15 is 0 Å². The molecule has 8 nitrogen and oxygen atoms in total. The monoisotopic (exact) mass is 369 g/mol. The van der Waals surface area contributed by atoms with E-state index in [4.69, 9.17) is 15.6 Å². The summed E-state index contributed by atoms with van der Waals surface area (Å²) in [7, 11) is 0. The number of ether oxygens (including phenoxy) is 1. The van der Waals surface area contributed by atoms with E-state index in [0.717, 1.165) is 4.57 Å². The standard InChI is InChI=1S/C9H12IN3O5/c10-3-1-13(9(17)12-7(3)11)8-6(16)5(15)4(2-14)18-8/h1,4-6,8,14-16H,2H2,(H2,11,12,17)/t4-,5+,6?,8-/m1/s1. The predicted molar refractivity (Wildman–Crippen MR) is 68.6 cm³/mol. The van der Waals surface area contributed by atoms with Crippen molar-refractivity contribution in [3.63, 3.8) is 0 Å². The summed E-state index contributed by atoms with van der Waals surface area (Å²) in [6, 6.07) is 0. The second kappa shape index (κ2) is 5.09. The molecule has 1 aliphatic rings. The van der Waals surface area contributed by atoms with Gasteiger partial charge in [-0.1, -0.05) is 0 Å². The lowest BCUT2D eigenvalue weighted by molar-refractivity contribution is -0.0550. The number of aliphatic hydroxyl groups is 3. The van der Waals surface area contributed by atoms with E-state index in [0.29, 0.717) is 3.57 Å². The van der Waals surface area contributed by atoms with Crippen LogP contribution in [0.25, 0.3) is 0 Å². The molecule has 1 fully saturated rings. The third-order valence-electron chi connectivity index (χ3n) is 2.73. The van der Waals surface area contributed by atoms with Crippen LogP contribution in [0.15, 0.2) is 11.0 Å². The maximum absolute atomic E-state index is 11.7. The molecular formula is C9H12IN3O5. The zero-order valence-corrected chi connectivity index (χ0v) is 11.3. The van der Waals surface area contributed by atoms with Gasteiger partial charge in [0.2, 0.25) is 0 Å². The fourth-order valence-corrected chi connectivity index (χ4v) is 2.17. The third kappa shape index (κ3) is 2.23. The summed E-state index contributed by atoms with van der Waals surface area (Å²) in [6.07, 6.45) is -3.23. The number of anilines is 1. The lowest BCUT2D eigenvalue weighted by Crippen LogP contribution is -2.36. The van der Waals surface area contributed by atoms with Crippen LogP contribution in [0.3, 0.4) is 0 Å². The molecule has 5 N–H and O–H groups in total. The SMILES string of the molecule is Nc1nc(=O)n([C@@H]2O[C@H](CO)[C@H](O)C2O)cc1I. The fraction of sp³-hybridized carbons (Fsp3) is 0.556. The lowest BCUT2D eigenvalue weighted by Gasteiger charge is -2.17. The van der Waals surface area contributed by atoms with E-state index in [2.05, 4.69) is 4.98 Å². The van der Waals surface area contributed by atoms with Crippen LogP contribution in [0.2, 0.25) is 0 Å². The number of nitrogen functional groups attached to an aromatic ring is 1. The van der Waals surface area contributed by atoms with Crippen LogP contribution in [0, 0.1) is 3.57 Å². The van der Waals surface area contributed by atoms with Crippen molar-refractivity contribution in [1.29, 1.82) is 0 Å². The summed E-state index contributed by atoms with van der Waals surface area (Å²) in [4.78, 5) is 15.2. The van der Waals surface area contributed by atoms with Gasteiger partial charge in [-0.05, 0) is 22.6 Å². The van der Waals surface area contributed by atoms with Crippen LogP contribution in [0.4, 0.5) is 5.82 Å². The molecule has 4 atom stereocenters. The average molecular weight is 369 g/mol. The summed E-state index contributed by atoms with van der Waals surface area (Å²) in [5.74, 6) is 0.0867. The molecule has 9 heteroatoms. The summed E-state index contributed by atoms with van der Waals surface area (Å²) >= 11 is 1.88. The Balaban J connectivity index is 2.39.